The van der Waals surface area contributed by atoms with Gasteiger partial charge in [0, 0.05) is 0 Å². The van der Waals surface area contributed by atoms with Crippen molar-refractivity contribution in [3.8, 4) is 23.0 Å². The van der Waals surface area contributed by atoms with Crippen molar-refractivity contribution in [2.24, 2.45) is 0 Å². The largest absolute Gasteiger partial charge is 0.497 e. The van der Waals surface area contributed by atoms with Gasteiger partial charge in [0.05, 0.1) is 19.4 Å². The van der Waals surface area contributed by atoms with Crippen LogP contribution in [0.25, 0.3) is 6.08 Å². The average Bonchev–Trinajstić information content (AvgIpc) is 2.92. The van der Waals surface area contributed by atoms with Gasteiger partial charge in [0.2, 0.25) is 0 Å². The molecule has 3 aromatic rings. The van der Waals surface area contributed by atoms with E-state index in [1.165, 1.54) is 18.7 Å². The molecule has 202 valence electrons. The molecule has 1 N–H and O–H groups in total. The van der Waals surface area contributed by atoms with Gasteiger partial charge in [0.1, 0.15) is 30.3 Å². The van der Waals surface area contributed by atoms with Gasteiger partial charge >= 0.3 is 6.03 Å². The first kappa shape index (κ1) is 27.3. The molecule has 0 aromatic heterocycles. The minimum Gasteiger partial charge on any atom is -0.497 e. The van der Waals surface area contributed by atoms with Gasteiger partial charge in [0.15, 0.2) is 11.5 Å². The summed E-state index contributed by atoms with van der Waals surface area (Å²) in [6.07, 6.45) is 1.41. The number of anilines is 1. The van der Waals surface area contributed by atoms with Crippen molar-refractivity contribution >= 4 is 29.6 Å². The number of nitrogens with zero attached hydrogens (tertiary/aromatic N) is 1. The molecule has 4 rings (SSSR count). The van der Waals surface area contributed by atoms with Crippen molar-refractivity contribution in [2.45, 2.75) is 20.8 Å². The Morgan fingerprint density at radius 3 is 2.21 bits per heavy atom. The van der Waals surface area contributed by atoms with Gasteiger partial charge in [0.25, 0.3) is 11.8 Å². The molecule has 9 nitrogen and oxygen atoms in total. The first-order valence-corrected chi connectivity index (χ1v) is 12.5. The number of nitrogens with one attached hydrogen (secondary N) is 1. The second-order valence-electron chi connectivity index (χ2n) is 8.74. The molecule has 1 aliphatic heterocycles. The van der Waals surface area contributed by atoms with E-state index in [0.29, 0.717) is 41.7 Å². The monoisotopic (exact) mass is 530 g/mol. The fourth-order valence-electron chi connectivity index (χ4n) is 3.91. The maximum Gasteiger partial charge on any atom is 0.335 e. The molecule has 39 heavy (non-hydrogen) atoms. The lowest BCUT2D eigenvalue weighted by Gasteiger charge is -2.26. The number of amides is 4. The van der Waals surface area contributed by atoms with Crippen LogP contribution in [-0.4, -0.2) is 44.8 Å². The minimum atomic E-state index is -0.825. The lowest BCUT2D eigenvalue weighted by Crippen LogP contribution is -2.54. The number of aryl methyl sites for hydroxylation is 2. The van der Waals surface area contributed by atoms with Gasteiger partial charge in [-0.2, -0.15) is 0 Å². The predicted molar refractivity (Wildman–Crippen MR) is 147 cm³/mol. The SMILES string of the molecule is CCOc1cc(C=C2C(=O)NC(=O)N(c3ccc(OC)cc3)C2=O)ccc1OCCOc1ccc(C)c(C)c1. The number of barbiturate groups is 1. The maximum absolute atomic E-state index is 13.2. The molecular weight excluding hydrogens is 500 g/mol. The lowest BCUT2D eigenvalue weighted by molar-refractivity contribution is -0.122. The Hall–Kier alpha value is -4.79. The molecule has 1 fully saturated rings. The molecule has 1 heterocycles. The van der Waals surface area contributed by atoms with E-state index in [0.717, 1.165) is 16.2 Å². The Kier molecular flexibility index (Phi) is 8.50. The number of rotatable bonds is 10. The number of hydrogen-bond acceptors (Lipinski definition) is 7. The molecule has 1 aliphatic rings. The molecule has 3 aromatic carbocycles. The molecule has 0 saturated carbocycles. The van der Waals surface area contributed by atoms with E-state index in [9.17, 15) is 14.4 Å². The fraction of sp³-hybridized carbons (Fsp3) is 0.233. The van der Waals surface area contributed by atoms with Crippen molar-refractivity contribution in [3.63, 3.8) is 0 Å². The highest BCUT2D eigenvalue weighted by molar-refractivity contribution is 6.39. The highest BCUT2D eigenvalue weighted by Crippen LogP contribution is 2.30. The second kappa shape index (κ2) is 12.2. The van der Waals surface area contributed by atoms with Crippen molar-refractivity contribution in [3.05, 3.63) is 82.9 Å². The smallest absolute Gasteiger partial charge is 0.335 e. The third kappa shape index (κ3) is 6.38. The third-order valence-electron chi connectivity index (χ3n) is 6.10. The zero-order chi connectivity index (χ0) is 27.9. The number of carbonyl (C=O) groups excluding carboxylic acids is 3. The Morgan fingerprint density at radius 2 is 1.51 bits per heavy atom. The Bertz CT molecular complexity index is 1410. The number of benzene rings is 3. The Balaban J connectivity index is 1.49. The molecular formula is C30H30N2O7. The van der Waals surface area contributed by atoms with Crippen molar-refractivity contribution < 1.29 is 33.3 Å². The maximum atomic E-state index is 13.2. The van der Waals surface area contributed by atoms with Gasteiger partial charge in [-0.05, 0) is 92.1 Å². The number of carbonyl (C=O) groups is 3. The molecule has 0 bridgehead atoms. The van der Waals surface area contributed by atoms with E-state index >= 15 is 0 Å². The first-order chi connectivity index (χ1) is 18.8. The highest BCUT2D eigenvalue weighted by atomic mass is 16.5. The van der Waals surface area contributed by atoms with Crippen LogP contribution in [0.4, 0.5) is 10.5 Å². The van der Waals surface area contributed by atoms with Crippen molar-refractivity contribution in [2.75, 3.05) is 31.8 Å². The summed E-state index contributed by atoms with van der Waals surface area (Å²) in [5, 5.41) is 2.22. The molecule has 0 spiro atoms. The number of methoxy groups -OCH3 is 1. The summed E-state index contributed by atoms with van der Waals surface area (Å²) >= 11 is 0. The summed E-state index contributed by atoms with van der Waals surface area (Å²) in [6.45, 7) is 6.92. The van der Waals surface area contributed by atoms with Gasteiger partial charge in [-0.15, -0.1) is 0 Å². The van der Waals surface area contributed by atoms with Crippen LogP contribution in [0.2, 0.25) is 0 Å². The van der Waals surface area contributed by atoms with Crippen LogP contribution in [0, 0.1) is 13.8 Å². The van der Waals surface area contributed by atoms with E-state index in [1.54, 1.807) is 42.5 Å². The topological polar surface area (TPSA) is 103 Å². The van der Waals surface area contributed by atoms with Crippen LogP contribution >= 0.6 is 0 Å². The number of urea groups is 1. The van der Waals surface area contributed by atoms with Crippen LogP contribution < -0.4 is 29.2 Å². The fourth-order valence-corrected chi connectivity index (χ4v) is 3.91. The van der Waals surface area contributed by atoms with E-state index in [-0.39, 0.29) is 12.2 Å². The summed E-state index contributed by atoms with van der Waals surface area (Å²) in [4.78, 5) is 39.1. The van der Waals surface area contributed by atoms with Crippen LogP contribution in [0.5, 0.6) is 23.0 Å². The van der Waals surface area contributed by atoms with E-state index in [1.807, 2.05) is 39.0 Å². The minimum absolute atomic E-state index is 0.191. The van der Waals surface area contributed by atoms with E-state index in [2.05, 4.69) is 5.32 Å². The molecule has 0 aliphatic carbocycles. The van der Waals surface area contributed by atoms with Crippen molar-refractivity contribution in [1.29, 1.82) is 0 Å². The molecule has 0 radical (unpaired) electrons. The summed E-state index contributed by atoms with van der Waals surface area (Å²) in [6, 6.07) is 16.5. The first-order valence-electron chi connectivity index (χ1n) is 12.5. The molecule has 1 saturated heterocycles. The summed E-state index contributed by atoms with van der Waals surface area (Å²) in [7, 11) is 1.51. The predicted octanol–water partition coefficient (Wildman–Crippen LogP) is 4.83. The Morgan fingerprint density at radius 1 is 0.795 bits per heavy atom. The molecule has 4 amide bonds. The number of imide groups is 2. The highest BCUT2D eigenvalue weighted by Gasteiger charge is 2.36. The zero-order valence-corrected chi connectivity index (χ0v) is 22.3. The van der Waals surface area contributed by atoms with Crippen molar-refractivity contribution in [1.82, 2.24) is 5.32 Å². The van der Waals surface area contributed by atoms with Crippen LogP contribution in [0.1, 0.15) is 23.6 Å². The molecule has 9 heteroatoms. The van der Waals surface area contributed by atoms with Gasteiger partial charge in [-0.25, -0.2) is 9.69 Å². The average molecular weight is 531 g/mol. The third-order valence-corrected chi connectivity index (χ3v) is 6.10. The normalized spacial score (nSPS) is 14.3. The Labute approximate surface area is 226 Å². The lowest BCUT2D eigenvalue weighted by atomic mass is 10.1. The zero-order valence-electron chi connectivity index (χ0n) is 22.3. The van der Waals surface area contributed by atoms with E-state index < -0.39 is 17.8 Å². The standard InChI is InChI=1S/C30H30N2O7/c1-5-37-27-18-21(7-13-26(27)39-15-14-38-24-10-6-19(2)20(3)16-24)17-25-28(33)31-30(35)32(29(25)34)22-8-11-23(36-4)12-9-22/h6-13,16-18H,5,14-15H2,1-4H3,(H,31,33,35). The quantitative estimate of drug-likeness (QED) is 0.227. The summed E-state index contributed by atoms with van der Waals surface area (Å²) in [5.74, 6) is 0.762. The molecule has 0 atom stereocenters. The second-order valence-corrected chi connectivity index (χ2v) is 8.74. The van der Waals surface area contributed by atoms with Gasteiger partial charge in [-0.3, -0.25) is 14.9 Å². The number of ether oxygens (including phenoxy) is 4. The number of hydrogen-bond donors (Lipinski definition) is 1. The van der Waals surface area contributed by atoms with Crippen LogP contribution in [0.3, 0.4) is 0 Å². The van der Waals surface area contributed by atoms with Crippen LogP contribution in [0.15, 0.2) is 66.2 Å². The molecule has 0 unspecified atom stereocenters. The van der Waals surface area contributed by atoms with E-state index in [4.69, 9.17) is 18.9 Å². The summed E-state index contributed by atoms with van der Waals surface area (Å²) in [5.41, 5.74) is 2.99. The summed E-state index contributed by atoms with van der Waals surface area (Å²) < 4.78 is 22.5. The van der Waals surface area contributed by atoms with Gasteiger partial charge < -0.3 is 18.9 Å². The van der Waals surface area contributed by atoms with Crippen LogP contribution in [-0.2, 0) is 9.59 Å². The van der Waals surface area contributed by atoms with Gasteiger partial charge in [-0.1, -0.05) is 12.1 Å².